The van der Waals surface area contributed by atoms with Gasteiger partial charge in [-0.25, -0.2) is 14.4 Å². The molecule has 0 aromatic carbocycles. The van der Waals surface area contributed by atoms with E-state index in [1.807, 2.05) is 0 Å². The van der Waals surface area contributed by atoms with E-state index in [0.717, 1.165) is 6.54 Å². The SMILES string of the molecule is CN1CC=[N+](C)C1N1CCCC1.[Cl-]. The lowest BCUT2D eigenvalue weighted by Crippen LogP contribution is -3.00. The van der Waals surface area contributed by atoms with Crippen molar-refractivity contribution < 1.29 is 17.0 Å². The molecule has 2 rings (SSSR count). The topological polar surface area (TPSA) is 9.49 Å². The molecule has 2 aliphatic heterocycles. The minimum Gasteiger partial charge on any atom is -1.00 e. The average Bonchev–Trinajstić information content (AvgIpc) is 2.61. The Labute approximate surface area is 86.4 Å². The molecule has 2 aliphatic rings. The second kappa shape index (κ2) is 4.40. The minimum absolute atomic E-state index is 0. The molecule has 3 nitrogen and oxygen atoms in total. The summed E-state index contributed by atoms with van der Waals surface area (Å²) in [6.45, 7) is 3.64. The quantitative estimate of drug-likeness (QED) is 0.421. The molecule has 0 radical (unpaired) electrons. The van der Waals surface area contributed by atoms with Gasteiger partial charge in [0.25, 0.3) is 6.29 Å². The third kappa shape index (κ3) is 2.03. The number of likely N-dealkylation sites (tertiary alicyclic amines) is 1. The van der Waals surface area contributed by atoms with Gasteiger partial charge in [-0.2, -0.15) is 0 Å². The van der Waals surface area contributed by atoms with E-state index in [2.05, 4.69) is 34.7 Å². The second-order valence-electron chi connectivity index (χ2n) is 3.88. The van der Waals surface area contributed by atoms with E-state index in [1.165, 1.54) is 25.9 Å². The number of halogens is 1. The van der Waals surface area contributed by atoms with Gasteiger partial charge in [0.15, 0.2) is 6.21 Å². The van der Waals surface area contributed by atoms with Gasteiger partial charge in [-0.1, -0.05) is 0 Å². The van der Waals surface area contributed by atoms with Gasteiger partial charge < -0.3 is 12.4 Å². The Hall–Kier alpha value is -0.120. The second-order valence-corrected chi connectivity index (χ2v) is 3.88. The molecule has 0 aromatic rings. The van der Waals surface area contributed by atoms with Crippen LogP contribution in [0.1, 0.15) is 12.8 Å². The van der Waals surface area contributed by atoms with Crippen LogP contribution in [0.5, 0.6) is 0 Å². The minimum atomic E-state index is 0. The summed E-state index contributed by atoms with van der Waals surface area (Å²) in [5.41, 5.74) is 0. The van der Waals surface area contributed by atoms with Crippen LogP contribution in [-0.4, -0.2) is 60.6 Å². The van der Waals surface area contributed by atoms with Crippen molar-refractivity contribution in [3.05, 3.63) is 0 Å². The number of nitrogens with zero attached hydrogens (tertiary/aromatic N) is 3. The molecule has 1 fully saturated rings. The van der Waals surface area contributed by atoms with Gasteiger partial charge in [0, 0.05) is 13.1 Å². The molecule has 0 N–H and O–H groups in total. The molecule has 1 saturated heterocycles. The van der Waals surface area contributed by atoms with Crippen molar-refractivity contribution in [3.8, 4) is 0 Å². The molecule has 4 heteroatoms. The Morgan fingerprint density at radius 2 is 1.92 bits per heavy atom. The number of rotatable bonds is 1. The van der Waals surface area contributed by atoms with E-state index >= 15 is 0 Å². The molecule has 0 aromatic heterocycles. The lowest BCUT2D eigenvalue weighted by molar-refractivity contribution is -0.573. The van der Waals surface area contributed by atoms with Gasteiger partial charge in [-0.3, -0.25) is 0 Å². The maximum absolute atomic E-state index is 2.56. The highest BCUT2D eigenvalue weighted by molar-refractivity contribution is 5.55. The summed E-state index contributed by atoms with van der Waals surface area (Å²) in [5.74, 6) is 0. The molecule has 0 amide bonds. The molecule has 2 heterocycles. The zero-order chi connectivity index (χ0) is 8.55. The lowest BCUT2D eigenvalue weighted by Gasteiger charge is -2.24. The summed E-state index contributed by atoms with van der Waals surface area (Å²) in [7, 11) is 4.37. The summed E-state index contributed by atoms with van der Waals surface area (Å²) in [6, 6.07) is 0. The highest BCUT2D eigenvalue weighted by atomic mass is 35.5. The van der Waals surface area contributed by atoms with Crippen molar-refractivity contribution in [1.82, 2.24) is 9.80 Å². The van der Waals surface area contributed by atoms with Crippen molar-refractivity contribution in [3.63, 3.8) is 0 Å². The van der Waals surface area contributed by atoms with Crippen LogP contribution in [0, 0.1) is 0 Å². The number of hydrogen-bond donors (Lipinski definition) is 0. The van der Waals surface area contributed by atoms with Crippen LogP contribution in [0.2, 0.25) is 0 Å². The molecule has 0 spiro atoms. The normalized spacial score (nSPS) is 30.3. The van der Waals surface area contributed by atoms with E-state index in [4.69, 9.17) is 0 Å². The van der Waals surface area contributed by atoms with E-state index in [-0.39, 0.29) is 12.4 Å². The Balaban J connectivity index is 0.000000845. The Kier molecular flexibility index (Phi) is 3.71. The Morgan fingerprint density at radius 3 is 2.38 bits per heavy atom. The summed E-state index contributed by atoms with van der Waals surface area (Å²) in [5, 5.41) is 0. The fourth-order valence-corrected chi connectivity index (χ4v) is 2.27. The smallest absolute Gasteiger partial charge is 0.269 e. The van der Waals surface area contributed by atoms with Crippen LogP contribution in [-0.2, 0) is 0 Å². The zero-order valence-electron chi connectivity index (χ0n) is 8.41. The first kappa shape index (κ1) is 11.0. The Bertz CT molecular complexity index is 199. The maximum atomic E-state index is 2.56. The van der Waals surface area contributed by atoms with Crippen LogP contribution in [0.3, 0.4) is 0 Å². The fourth-order valence-electron chi connectivity index (χ4n) is 2.27. The zero-order valence-corrected chi connectivity index (χ0v) is 9.17. The summed E-state index contributed by atoms with van der Waals surface area (Å²) in [6.07, 6.45) is 5.55. The monoisotopic (exact) mass is 203 g/mol. The third-order valence-electron chi connectivity index (χ3n) is 2.88. The van der Waals surface area contributed by atoms with E-state index in [1.54, 1.807) is 0 Å². The molecule has 13 heavy (non-hydrogen) atoms. The third-order valence-corrected chi connectivity index (χ3v) is 2.88. The first-order valence-electron chi connectivity index (χ1n) is 4.78. The lowest BCUT2D eigenvalue weighted by atomic mass is 10.4. The van der Waals surface area contributed by atoms with Crippen LogP contribution >= 0.6 is 0 Å². The summed E-state index contributed by atoms with van der Waals surface area (Å²) in [4.78, 5) is 4.95. The van der Waals surface area contributed by atoms with Crippen molar-refractivity contribution in [2.75, 3.05) is 33.7 Å². The molecule has 0 saturated carbocycles. The fraction of sp³-hybridized carbons (Fsp3) is 0.889. The van der Waals surface area contributed by atoms with Gasteiger partial charge in [0.2, 0.25) is 0 Å². The van der Waals surface area contributed by atoms with Gasteiger partial charge in [0.05, 0.1) is 6.54 Å². The van der Waals surface area contributed by atoms with Crippen molar-refractivity contribution in [2.45, 2.75) is 19.1 Å². The van der Waals surface area contributed by atoms with Crippen LogP contribution in [0.4, 0.5) is 0 Å². The van der Waals surface area contributed by atoms with Gasteiger partial charge in [0.1, 0.15) is 7.05 Å². The van der Waals surface area contributed by atoms with Crippen LogP contribution < -0.4 is 12.4 Å². The van der Waals surface area contributed by atoms with Gasteiger partial charge in [-0.15, -0.1) is 0 Å². The molecule has 0 bridgehead atoms. The van der Waals surface area contributed by atoms with Crippen molar-refractivity contribution in [1.29, 1.82) is 0 Å². The van der Waals surface area contributed by atoms with Gasteiger partial charge in [-0.05, 0) is 19.9 Å². The van der Waals surface area contributed by atoms with Crippen molar-refractivity contribution in [2.24, 2.45) is 0 Å². The first-order chi connectivity index (χ1) is 5.79. The largest absolute Gasteiger partial charge is 1.00 e. The number of hydrogen-bond acceptors (Lipinski definition) is 2. The van der Waals surface area contributed by atoms with Crippen molar-refractivity contribution >= 4 is 6.21 Å². The molecule has 76 valence electrons. The molecule has 1 atom stereocenters. The van der Waals surface area contributed by atoms with Gasteiger partial charge >= 0.3 is 0 Å². The highest BCUT2D eigenvalue weighted by Gasteiger charge is 2.35. The van der Waals surface area contributed by atoms with E-state index in [0.29, 0.717) is 6.29 Å². The summed E-state index contributed by atoms with van der Waals surface area (Å²) < 4.78 is 2.32. The van der Waals surface area contributed by atoms with Crippen LogP contribution in [0.15, 0.2) is 0 Å². The highest BCUT2D eigenvalue weighted by Crippen LogP contribution is 2.15. The van der Waals surface area contributed by atoms with Crippen LogP contribution in [0.25, 0.3) is 0 Å². The predicted octanol–water partition coefficient (Wildman–Crippen LogP) is -2.97. The van der Waals surface area contributed by atoms with E-state index in [9.17, 15) is 0 Å². The average molecular weight is 204 g/mol. The molecule has 0 aliphatic carbocycles. The molecular weight excluding hydrogens is 186 g/mol. The maximum Gasteiger partial charge on any atom is 0.269 e. The standard InChI is InChI=1S/C9H18N3.ClH/c1-10-7-8-11(2)9(10)12-5-3-4-6-12;/h7,9H,3-6,8H2,1-2H3;1H/q+1;/p-1. The Morgan fingerprint density at radius 1 is 1.31 bits per heavy atom. The predicted molar refractivity (Wildman–Crippen MR) is 49.5 cm³/mol. The first-order valence-corrected chi connectivity index (χ1v) is 4.78. The molecule has 1 unspecified atom stereocenters. The van der Waals surface area contributed by atoms with E-state index < -0.39 is 0 Å². The summed E-state index contributed by atoms with van der Waals surface area (Å²) >= 11 is 0. The molecular formula is C9H18ClN3.